The van der Waals surface area contributed by atoms with Crippen LogP contribution in [0.2, 0.25) is 0 Å². The van der Waals surface area contributed by atoms with E-state index in [-0.39, 0.29) is 5.92 Å². The second-order valence-electron chi connectivity index (χ2n) is 3.99. The second-order valence-corrected chi connectivity index (χ2v) is 3.99. The lowest BCUT2D eigenvalue weighted by Crippen LogP contribution is -2.33. The van der Waals surface area contributed by atoms with E-state index in [0.29, 0.717) is 12.8 Å². The number of carbonyl (C=O) groups is 2. The van der Waals surface area contributed by atoms with E-state index in [0.717, 1.165) is 0 Å². The van der Waals surface area contributed by atoms with Crippen molar-refractivity contribution in [1.29, 1.82) is 0 Å². The van der Waals surface area contributed by atoms with E-state index in [4.69, 9.17) is 10.2 Å². The van der Waals surface area contributed by atoms with Crippen LogP contribution in [0.5, 0.6) is 0 Å². The summed E-state index contributed by atoms with van der Waals surface area (Å²) in [6.07, 6.45) is 0.930. The summed E-state index contributed by atoms with van der Waals surface area (Å²) < 4.78 is 0. The van der Waals surface area contributed by atoms with Crippen molar-refractivity contribution in [3.63, 3.8) is 0 Å². The Hall–Kier alpha value is -1.06. The molecule has 0 aromatic heterocycles. The van der Waals surface area contributed by atoms with Crippen molar-refractivity contribution in [3.8, 4) is 0 Å². The topological polar surface area (TPSA) is 74.6 Å². The maximum Gasteiger partial charge on any atom is 0.309 e. The van der Waals surface area contributed by atoms with Gasteiger partial charge in [0.2, 0.25) is 0 Å². The molecule has 0 aromatic carbocycles. The zero-order chi connectivity index (χ0) is 10.2. The van der Waals surface area contributed by atoms with Crippen molar-refractivity contribution in [2.24, 2.45) is 17.3 Å². The van der Waals surface area contributed by atoms with Crippen LogP contribution in [-0.4, -0.2) is 22.2 Å². The maximum atomic E-state index is 10.9. The van der Waals surface area contributed by atoms with Crippen LogP contribution in [0.1, 0.15) is 26.7 Å². The van der Waals surface area contributed by atoms with Gasteiger partial charge in [-0.1, -0.05) is 6.92 Å². The second kappa shape index (κ2) is 3.01. The highest BCUT2D eigenvalue weighted by molar-refractivity contribution is 5.78. The Bertz CT molecular complexity index is 248. The SMILES string of the molecule is C[C@@H]1[C@H](C(=O)O)CC[C@@]1(C)C(=O)O. The molecule has 13 heavy (non-hydrogen) atoms. The van der Waals surface area contributed by atoms with E-state index in [1.54, 1.807) is 13.8 Å². The molecule has 0 spiro atoms. The van der Waals surface area contributed by atoms with Gasteiger partial charge in [0.1, 0.15) is 0 Å². The van der Waals surface area contributed by atoms with Crippen LogP contribution in [0.15, 0.2) is 0 Å². The fourth-order valence-electron chi connectivity index (χ4n) is 2.02. The highest BCUT2D eigenvalue weighted by Gasteiger charge is 2.50. The molecule has 0 heterocycles. The Morgan fingerprint density at radius 2 is 1.92 bits per heavy atom. The molecule has 4 nitrogen and oxygen atoms in total. The Morgan fingerprint density at radius 1 is 1.38 bits per heavy atom. The van der Waals surface area contributed by atoms with Crippen molar-refractivity contribution in [1.82, 2.24) is 0 Å². The number of rotatable bonds is 2. The number of aliphatic carboxylic acids is 2. The summed E-state index contributed by atoms with van der Waals surface area (Å²) in [5.41, 5.74) is -0.858. The van der Waals surface area contributed by atoms with Crippen molar-refractivity contribution in [2.45, 2.75) is 26.7 Å². The van der Waals surface area contributed by atoms with Gasteiger partial charge in [-0.15, -0.1) is 0 Å². The maximum absolute atomic E-state index is 10.9. The molecule has 0 saturated heterocycles. The molecule has 74 valence electrons. The van der Waals surface area contributed by atoms with Gasteiger partial charge in [-0.25, -0.2) is 0 Å². The fourth-order valence-corrected chi connectivity index (χ4v) is 2.02. The Kier molecular flexibility index (Phi) is 2.32. The van der Waals surface area contributed by atoms with Gasteiger partial charge in [-0.3, -0.25) is 9.59 Å². The summed E-state index contributed by atoms with van der Waals surface area (Å²) in [6, 6.07) is 0. The average molecular weight is 186 g/mol. The number of carboxylic acid groups (broad SMARTS) is 2. The molecule has 1 saturated carbocycles. The quantitative estimate of drug-likeness (QED) is 0.679. The average Bonchev–Trinajstić information content (AvgIpc) is 2.30. The van der Waals surface area contributed by atoms with Gasteiger partial charge in [0.05, 0.1) is 11.3 Å². The van der Waals surface area contributed by atoms with E-state index in [2.05, 4.69) is 0 Å². The van der Waals surface area contributed by atoms with Crippen LogP contribution >= 0.6 is 0 Å². The first-order chi connectivity index (χ1) is 5.89. The van der Waals surface area contributed by atoms with Crippen molar-refractivity contribution < 1.29 is 19.8 Å². The predicted octanol–water partition coefficient (Wildman–Crippen LogP) is 1.21. The minimum atomic E-state index is -0.885. The van der Waals surface area contributed by atoms with Gasteiger partial charge in [0.15, 0.2) is 0 Å². The van der Waals surface area contributed by atoms with Crippen LogP contribution in [0.3, 0.4) is 0 Å². The summed E-state index contributed by atoms with van der Waals surface area (Å²) in [6.45, 7) is 3.34. The lowest BCUT2D eigenvalue weighted by atomic mass is 9.78. The third-order valence-corrected chi connectivity index (χ3v) is 3.39. The molecule has 0 unspecified atom stereocenters. The summed E-state index contributed by atoms with van der Waals surface area (Å²) in [7, 11) is 0. The van der Waals surface area contributed by atoms with Crippen LogP contribution < -0.4 is 0 Å². The summed E-state index contributed by atoms with van der Waals surface area (Å²) in [5.74, 6) is -2.55. The van der Waals surface area contributed by atoms with Gasteiger partial charge in [0, 0.05) is 0 Å². The van der Waals surface area contributed by atoms with Crippen LogP contribution in [0.4, 0.5) is 0 Å². The van der Waals surface area contributed by atoms with Crippen molar-refractivity contribution in [3.05, 3.63) is 0 Å². The molecular formula is C9H14O4. The van der Waals surface area contributed by atoms with Gasteiger partial charge in [-0.05, 0) is 25.7 Å². The summed E-state index contributed by atoms with van der Waals surface area (Å²) in [5, 5.41) is 17.8. The number of hydrogen-bond donors (Lipinski definition) is 2. The van der Waals surface area contributed by atoms with Crippen LogP contribution in [-0.2, 0) is 9.59 Å². The first-order valence-corrected chi connectivity index (χ1v) is 4.36. The van der Waals surface area contributed by atoms with Crippen molar-refractivity contribution in [2.75, 3.05) is 0 Å². The van der Waals surface area contributed by atoms with Gasteiger partial charge >= 0.3 is 11.9 Å². The number of carboxylic acids is 2. The molecular weight excluding hydrogens is 172 g/mol. The van der Waals surface area contributed by atoms with E-state index in [9.17, 15) is 9.59 Å². The minimum Gasteiger partial charge on any atom is -0.481 e. The third-order valence-electron chi connectivity index (χ3n) is 3.39. The molecule has 3 atom stereocenters. The van der Waals surface area contributed by atoms with Crippen molar-refractivity contribution >= 4 is 11.9 Å². The molecule has 0 amide bonds. The minimum absolute atomic E-state index is 0.289. The monoisotopic (exact) mass is 186 g/mol. The normalized spacial score (nSPS) is 38.9. The third kappa shape index (κ3) is 1.41. The van der Waals surface area contributed by atoms with E-state index < -0.39 is 23.3 Å². The molecule has 0 aromatic rings. The van der Waals surface area contributed by atoms with E-state index >= 15 is 0 Å². The van der Waals surface area contributed by atoms with Gasteiger partial charge in [-0.2, -0.15) is 0 Å². The molecule has 1 fully saturated rings. The molecule has 0 aliphatic heterocycles. The first-order valence-electron chi connectivity index (χ1n) is 4.36. The van der Waals surface area contributed by atoms with Gasteiger partial charge in [0.25, 0.3) is 0 Å². The van der Waals surface area contributed by atoms with E-state index in [1.165, 1.54) is 0 Å². The molecule has 1 aliphatic carbocycles. The fraction of sp³-hybridized carbons (Fsp3) is 0.778. The largest absolute Gasteiger partial charge is 0.481 e. The summed E-state index contributed by atoms with van der Waals surface area (Å²) >= 11 is 0. The Balaban J connectivity index is 2.87. The smallest absolute Gasteiger partial charge is 0.309 e. The van der Waals surface area contributed by atoms with Crippen LogP contribution in [0, 0.1) is 17.3 Å². The van der Waals surface area contributed by atoms with E-state index in [1.807, 2.05) is 0 Å². The molecule has 2 N–H and O–H groups in total. The standard InChI is InChI=1S/C9H14O4/c1-5-6(7(10)11)3-4-9(5,2)8(12)13/h5-6H,3-4H2,1-2H3,(H,10,11)(H,12,13)/t5-,6-,9-/m1/s1. The predicted molar refractivity (Wildman–Crippen MR) is 45.3 cm³/mol. The molecule has 0 bridgehead atoms. The molecule has 4 heteroatoms. The summed E-state index contributed by atoms with van der Waals surface area (Å²) in [4.78, 5) is 21.6. The zero-order valence-electron chi connectivity index (χ0n) is 7.78. The number of hydrogen-bond acceptors (Lipinski definition) is 2. The molecule has 1 rings (SSSR count). The highest BCUT2D eigenvalue weighted by Crippen LogP contribution is 2.46. The lowest BCUT2D eigenvalue weighted by molar-refractivity contribution is -0.151. The highest BCUT2D eigenvalue weighted by atomic mass is 16.4. The molecule has 0 radical (unpaired) electrons. The van der Waals surface area contributed by atoms with Crippen LogP contribution in [0.25, 0.3) is 0 Å². The lowest BCUT2D eigenvalue weighted by Gasteiger charge is -2.25. The van der Waals surface area contributed by atoms with Gasteiger partial charge < -0.3 is 10.2 Å². The first kappa shape index (κ1) is 10.0. The molecule has 1 aliphatic rings. The Labute approximate surface area is 76.6 Å². The Morgan fingerprint density at radius 3 is 2.15 bits per heavy atom. The zero-order valence-corrected chi connectivity index (χ0v) is 7.78.